The van der Waals surface area contributed by atoms with E-state index in [0.717, 1.165) is 31.4 Å². The van der Waals surface area contributed by atoms with Crippen molar-refractivity contribution in [2.75, 3.05) is 25.6 Å². The second-order valence-electron chi connectivity index (χ2n) is 6.69. The van der Waals surface area contributed by atoms with E-state index < -0.39 is 0 Å². The Morgan fingerprint density at radius 3 is 2.67 bits per heavy atom. The molecule has 144 valence electrons. The maximum Gasteiger partial charge on any atom is 0.262 e. The summed E-state index contributed by atoms with van der Waals surface area (Å²) in [6.07, 6.45) is 5.41. The van der Waals surface area contributed by atoms with Gasteiger partial charge < -0.3 is 19.5 Å². The number of ether oxygens (including phenoxy) is 3. The van der Waals surface area contributed by atoms with Crippen molar-refractivity contribution in [1.82, 2.24) is 0 Å². The first kappa shape index (κ1) is 19.1. The number of carbonyl (C=O) groups excluding carboxylic acids is 1. The fourth-order valence-electron chi connectivity index (χ4n) is 3.16. The van der Waals surface area contributed by atoms with Crippen molar-refractivity contribution in [3.8, 4) is 17.2 Å². The van der Waals surface area contributed by atoms with E-state index in [0.29, 0.717) is 23.8 Å². The van der Waals surface area contributed by atoms with Crippen LogP contribution in [0, 0.1) is 0 Å². The molecule has 0 atom stereocenters. The van der Waals surface area contributed by atoms with E-state index >= 15 is 0 Å². The Kier molecular flexibility index (Phi) is 6.58. The molecule has 0 saturated carbocycles. The molecule has 0 bridgehead atoms. The number of aryl methyl sites for hydroxylation is 2. The summed E-state index contributed by atoms with van der Waals surface area (Å²) in [5, 5.41) is 2.87. The van der Waals surface area contributed by atoms with Gasteiger partial charge in [0, 0.05) is 6.07 Å². The van der Waals surface area contributed by atoms with Crippen molar-refractivity contribution in [2.24, 2.45) is 0 Å². The summed E-state index contributed by atoms with van der Waals surface area (Å²) < 4.78 is 16.7. The van der Waals surface area contributed by atoms with Crippen molar-refractivity contribution in [3.05, 3.63) is 47.5 Å². The van der Waals surface area contributed by atoms with Gasteiger partial charge in [0.2, 0.25) is 0 Å². The molecule has 0 fully saturated rings. The second-order valence-corrected chi connectivity index (χ2v) is 6.69. The Hall–Kier alpha value is -2.69. The molecule has 0 aliphatic heterocycles. The number of carbonyl (C=O) groups is 1. The Labute approximate surface area is 160 Å². The van der Waals surface area contributed by atoms with Crippen LogP contribution in [0.25, 0.3) is 0 Å². The van der Waals surface area contributed by atoms with Gasteiger partial charge in [-0.1, -0.05) is 19.4 Å². The Balaban J connectivity index is 1.60. The van der Waals surface area contributed by atoms with Gasteiger partial charge in [0.05, 0.1) is 19.4 Å². The van der Waals surface area contributed by atoms with Crippen LogP contribution < -0.4 is 19.5 Å². The van der Waals surface area contributed by atoms with E-state index in [1.807, 2.05) is 24.3 Å². The SMILES string of the molecule is CCCCOc1ccc(OC)cc1NC(=O)COc1ccc2c(c1)CCC2. The number of anilines is 1. The number of unbranched alkanes of at least 4 members (excludes halogenated alkanes) is 1. The van der Waals surface area contributed by atoms with Crippen LogP contribution in [0.1, 0.15) is 37.3 Å². The monoisotopic (exact) mass is 369 g/mol. The van der Waals surface area contributed by atoms with Gasteiger partial charge in [0.25, 0.3) is 5.91 Å². The van der Waals surface area contributed by atoms with Gasteiger partial charge >= 0.3 is 0 Å². The highest BCUT2D eigenvalue weighted by molar-refractivity contribution is 5.93. The van der Waals surface area contributed by atoms with Gasteiger partial charge in [-0.05, 0) is 61.1 Å². The molecular weight excluding hydrogens is 342 g/mol. The van der Waals surface area contributed by atoms with Gasteiger partial charge in [0.15, 0.2) is 6.61 Å². The second kappa shape index (κ2) is 9.31. The van der Waals surface area contributed by atoms with E-state index in [1.54, 1.807) is 13.2 Å². The van der Waals surface area contributed by atoms with Crippen LogP contribution >= 0.6 is 0 Å². The van der Waals surface area contributed by atoms with Crippen molar-refractivity contribution < 1.29 is 19.0 Å². The third-order valence-corrected chi connectivity index (χ3v) is 4.66. The van der Waals surface area contributed by atoms with E-state index in [4.69, 9.17) is 14.2 Å². The highest BCUT2D eigenvalue weighted by atomic mass is 16.5. The van der Waals surface area contributed by atoms with Crippen LogP contribution in [-0.2, 0) is 17.6 Å². The molecule has 3 rings (SSSR count). The lowest BCUT2D eigenvalue weighted by atomic mass is 10.1. The van der Waals surface area contributed by atoms with E-state index in [-0.39, 0.29) is 12.5 Å². The molecular formula is C22H27NO4. The molecule has 2 aromatic carbocycles. The maximum absolute atomic E-state index is 12.4. The van der Waals surface area contributed by atoms with Crippen LogP contribution in [-0.4, -0.2) is 26.2 Å². The fourth-order valence-corrected chi connectivity index (χ4v) is 3.16. The number of fused-ring (bicyclic) bond motifs is 1. The summed E-state index contributed by atoms with van der Waals surface area (Å²) in [5.74, 6) is 1.79. The predicted molar refractivity (Wildman–Crippen MR) is 106 cm³/mol. The maximum atomic E-state index is 12.4. The molecule has 0 radical (unpaired) electrons. The van der Waals surface area contributed by atoms with Gasteiger partial charge in [-0.15, -0.1) is 0 Å². The normalized spacial score (nSPS) is 12.4. The lowest BCUT2D eigenvalue weighted by Gasteiger charge is -2.14. The summed E-state index contributed by atoms with van der Waals surface area (Å²) in [4.78, 5) is 12.4. The van der Waals surface area contributed by atoms with Crippen LogP contribution in [0.4, 0.5) is 5.69 Å². The third-order valence-electron chi connectivity index (χ3n) is 4.66. The summed E-state index contributed by atoms with van der Waals surface area (Å²) in [6, 6.07) is 11.5. The van der Waals surface area contributed by atoms with Crippen molar-refractivity contribution in [2.45, 2.75) is 39.0 Å². The predicted octanol–water partition coefficient (Wildman–Crippen LogP) is 4.38. The number of hydrogen-bond acceptors (Lipinski definition) is 4. The molecule has 0 unspecified atom stereocenters. The zero-order valence-corrected chi connectivity index (χ0v) is 16.0. The average Bonchev–Trinajstić information content (AvgIpc) is 3.15. The molecule has 1 aliphatic carbocycles. The molecule has 0 spiro atoms. The van der Waals surface area contributed by atoms with Crippen LogP contribution in [0.3, 0.4) is 0 Å². The summed E-state index contributed by atoms with van der Waals surface area (Å²) >= 11 is 0. The summed E-state index contributed by atoms with van der Waals surface area (Å²) in [7, 11) is 1.59. The molecule has 0 saturated heterocycles. The van der Waals surface area contributed by atoms with Gasteiger partial charge in [-0.3, -0.25) is 4.79 Å². The Morgan fingerprint density at radius 1 is 1.04 bits per heavy atom. The number of methoxy groups -OCH3 is 1. The molecule has 1 aliphatic rings. The minimum Gasteiger partial charge on any atom is -0.497 e. The highest BCUT2D eigenvalue weighted by Crippen LogP contribution is 2.30. The minimum absolute atomic E-state index is 0.0512. The number of benzene rings is 2. The van der Waals surface area contributed by atoms with Crippen molar-refractivity contribution in [3.63, 3.8) is 0 Å². The molecule has 0 aromatic heterocycles. The molecule has 0 heterocycles. The van der Waals surface area contributed by atoms with E-state index in [2.05, 4.69) is 18.3 Å². The molecule has 1 N–H and O–H groups in total. The molecule has 27 heavy (non-hydrogen) atoms. The van der Waals surface area contributed by atoms with Gasteiger partial charge in [-0.25, -0.2) is 0 Å². The molecule has 2 aromatic rings. The molecule has 1 amide bonds. The zero-order valence-electron chi connectivity index (χ0n) is 16.0. The summed E-state index contributed by atoms with van der Waals surface area (Å²) in [6.45, 7) is 2.66. The van der Waals surface area contributed by atoms with Crippen LogP contribution in [0.5, 0.6) is 17.2 Å². The van der Waals surface area contributed by atoms with E-state index in [1.165, 1.54) is 17.5 Å². The lowest BCUT2D eigenvalue weighted by Crippen LogP contribution is -2.20. The first-order valence-electron chi connectivity index (χ1n) is 9.55. The number of nitrogens with one attached hydrogen (secondary N) is 1. The van der Waals surface area contributed by atoms with Crippen molar-refractivity contribution >= 4 is 11.6 Å². The number of amides is 1. The minimum atomic E-state index is -0.232. The van der Waals surface area contributed by atoms with Crippen LogP contribution in [0.15, 0.2) is 36.4 Å². The quantitative estimate of drug-likeness (QED) is 0.667. The van der Waals surface area contributed by atoms with Crippen LogP contribution in [0.2, 0.25) is 0 Å². The van der Waals surface area contributed by atoms with E-state index in [9.17, 15) is 4.79 Å². The fraction of sp³-hybridized carbons (Fsp3) is 0.409. The standard InChI is InChI=1S/C22H27NO4/c1-3-4-12-26-21-11-10-18(25-2)14-20(21)23-22(24)15-27-19-9-8-16-6-5-7-17(16)13-19/h8-11,13-14H,3-7,12,15H2,1-2H3,(H,23,24). The van der Waals surface area contributed by atoms with Gasteiger partial charge in [0.1, 0.15) is 17.2 Å². The lowest BCUT2D eigenvalue weighted by molar-refractivity contribution is -0.118. The Morgan fingerprint density at radius 2 is 1.85 bits per heavy atom. The smallest absolute Gasteiger partial charge is 0.262 e. The largest absolute Gasteiger partial charge is 0.497 e. The molecule has 5 nitrogen and oxygen atoms in total. The highest BCUT2D eigenvalue weighted by Gasteiger charge is 2.13. The Bertz CT molecular complexity index is 788. The summed E-state index contributed by atoms with van der Waals surface area (Å²) in [5.41, 5.74) is 3.30. The first-order chi connectivity index (χ1) is 13.2. The third kappa shape index (κ3) is 5.16. The molecule has 5 heteroatoms. The zero-order chi connectivity index (χ0) is 19.1. The van der Waals surface area contributed by atoms with Gasteiger partial charge in [-0.2, -0.15) is 0 Å². The topological polar surface area (TPSA) is 56.8 Å². The average molecular weight is 369 g/mol. The number of hydrogen-bond donors (Lipinski definition) is 1. The first-order valence-corrected chi connectivity index (χ1v) is 9.55. The number of rotatable bonds is 9. The van der Waals surface area contributed by atoms with Crippen molar-refractivity contribution in [1.29, 1.82) is 0 Å².